The van der Waals surface area contributed by atoms with Crippen LogP contribution < -0.4 is 5.32 Å². The summed E-state index contributed by atoms with van der Waals surface area (Å²) >= 11 is 9.11. The molecule has 2 aromatic heterocycles. The molecule has 1 amide bonds. The molecule has 0 radical (unpaired) electrons. The lowest BCUT2D eigenvalue weighted by molar-refractivity contribution is 0.0950. The van der Waals surface area contributed by atoms with Gasteiger partial charge in [0.15, 0.2) is 5.01 Å². The van der Waals surface area contributed by atoms with Crippen LogP contribution in [0.4, 0.5) is 0 Å². The number of aryl methyl sites for hydroxylation is 1. The van der Waals surface area contributed by atoms with E-state index in [4.69, 9.17) is 11.6 Å². The molecule has 0 bridgehead atoms. The molecule has 7 heteroatoms. The fourth-order valence-corrected chi connectivity index (χ4v) is 3.81. The topological polar surface area (TPSA) is 54.9 Å². The number of carbonyl (C=O) groups excluding carboxylic acids is 1. The molecule has 0 spiro atoms. The Morgan fingerprint density at radius 1 is 1.12 bits per heavy atom. The van der Waals surface area contributed by atoms with Crippen LogP contribution in [0.2, 0.25) is 0 Å². The summed E-state index contributed by atoms with van der Waals surface area (Å²) in [4.78, 5) is 14.4. The van der Waals surface area contributed by atoms with Crippen molar-refractivity contribution >= 4 is 51.3 Å². The van der Waals surface area contributed by atoms with Crippen molar-refractivity contribution in [2.45, 2.75) is 13.5 Å². The largest absolute Gasteiger partial charge is 0.346 e. The number of nitrogens with zero attached hydrogens (tertiary/aromatic N) is 2. The molecule has 3 aromatic rings. The zero-order valence-electron chi connectivity index (χ0n) is 12.8. The van der Waals surface area contributed by atoms with Crippen molar-refractivity contribution in [3.05, 3.63) is 67.8 Å². The second kappa shape index (κ2) is 7.70. The molecule has 3 rings (SSSR count). The zero-order chi connectivity index (χ0) is 16.9. The minimum Gasteiger partial charge on any atom is -0.346 e. The molecule has 24 heavy (non-hydrogen) atoms. The van der Waals surface area contributed by atoms with Gasteiger partial charge < -0.3 is 5.32 Å². The van der Waals surface area contributed by atoms with Crippen molar-refractivity contribution in [2.75, 3.05) is 0 Å². The zero-order valence-corrected chi connectivity index (χ0v) is 15.2. The van der Waals surface area contributed by atoms with Crippen molar-refractivity contribution in [1.29, 1.82) is 0 Å². The van der Waals surface area contributed by atoms with Crippen LogP contribution in [0.3, 0.4) is 0 Å². The van der Waals surface area contributed by atoms with E-state index in [1.165, 1.54) is 16.2 Å². The van der Waals surface area contributed by atoms with Crippen molar-refractivity contribution in [2.24, 2.45) is 0 Å². The summed E-state index contributed by atoms with van der Waals surface area (Å²) in [7, 11) is 0. The Bertz CT molecular complexity index is 871. The van der Waals surface area contributed by atoms with Gasteiger partial charge in [0.25, 0.3) is 5.91 Å². The third kappa shape index (κ3) is 4.29. The third-order valence-electron chi connectivity index (χ3n) is 3.15. The van der Waals surface area contributed by atoms with Crippen LogP contribution in [-0.4, -0.2) is 16.1 Å². The molecule has 0 saturated carbocycles. The van der Waals surface area contributed by atoms with Gasteiger partial charge in [-0.2, -0.15) is 0 Å². The number of hydrogen-bond acceptors (Lipinski definition) is 5. The molecule has 0 aliphatic heterocycles. The van der Waals surface area contributed by atoms with Crippen molar-refractivity contribution in [1.82, 2.24) is 15.5 Å². The number of nitrogens with one attached hydrogen (secondary N) is 1. The molecular formula is C17H14ClN3OS2. The molecular weight excluding hydrogens is 362 g/mol. The van der Waals surface area contributed by atoms with Crippen LogP contribution in [0.15, 0.2) is 42.5 Å². The van der Waals surface area contributed by atoms with Gasteiger partial charge in [0.05, 0.1) is 5.03 Å². The first-order chi connectivity index (χ1) is 11.6. The van der Waals surface area contributed by atoms with E-state index >= 15 is 0 Å². The van der Waals surface area contributed by atoms with Crippen molar-refractivity contribution in [3.63, 3.8) is 0 Å². The summed E-state index contributed by atoms with van der Waals surface area (Å²) in [6, 6.07) is 13.7. The normalized spacial score (nSPS) is 11.5. The van der Waals surface area contributed by atoms with E-state index in [-0.39, 0.29) is 5.91 Å². The molecule has 1 N–H and O–H groups in total. The summed E-state index contributed by atoms with van der Waals surface area (Å²) in [5, 5.41) is 12.1. The van der Waals surface area contributed by atoms with E-state index < -0.39 is 0 Å². The van der Waals surface area contributed by atoms with Gasteiger partial charge in [-0.05, 0) is 30.7 Å². The van der Waals surface area contributed by atoms with Crippen LogP contribution in [0, 0.1) is 6.92 Å². The monoisotopic (exact) mass is 375 g/mol. The lowest BCUT2D eigenvalue weighted by Crippen LogP contribution is -2.22. The highest BCUT2D eigenvalue weighted by molar-refractivity contribution is 7.15. The summed E-state index contributed by atoms with van der Waals surface area (Å²) in [5.74, 6) is -0.251. The fourth-order valence-electron chi connectivity index (χ4n) is 1.98. The number of halogens is 1. The highest BCUT2D eigenvalue weighted by atomic mass is 35.5. The average molecular weight is 376 g/mol. The summed E-state index contributed by atoms with van der Waals surface area (Å²) in [5.41, 5.74) is 1.03. The van der Waals surface area contributed by atoms with Crippen LogP contribution >= 0.6 is 34.3 Å². The van der Waals surface area contributed by atoms with Gasteiger partial charge in [0.2, 0.25) is 5.01 Å². The van der Waals surface area contributed by atoms with E-state index in [1.54, 1.807) is 11.3 Å². The molecule has 0 aliphatic carbocycles. The number of hydrogen-bond donors (Lipinski definition) is 1. The van der Waals surface area contributed by atoms with Crippen LogP contribution in [-0.2, 0) is 6.54 Å². The van der Waals surface area contributed by atoms with E-state index in [2.05, 4.69) is 15.5 Å². The summed E-state index contributed by atoms with van der Waals surface area (Å²) in [6.07, 6.45) is 1.84. The predicted molar refractivity (Wildman–Crippen MR) is 100 cm³/mol. The standard InChI is InChI=1S/C17H14ClN3OS2/c1-11-7-8-13(23-11)9-14(18)16-20-21-17(24-16)15(22)19-10-12-5-3-2-4-6-12/h2-9H,10H2,1H3,(H,19,22)/b14-9-. The Hall–Kier alpha value is -2.02. The Morgan fingerprint density at radius 3 is 2.58 bits per heavy atom. The first-order valence-corrected chi connectivity index (χ1v) is 9.22. The quantitative estimate of drug-likeness (QED) is 0.710. The first kappa shape index (κ1) is 16.8. The molecule has 4 nitrogen and oxygen atoms in total. The maximum absolute atomic E-state index is 12.2. The number of carbonyl (C=O) groups is 1. The van der Waals surface area contributed by atoms with Gasteiger partial charge in [-0.25, -0.2) is 0 Å². The van der Waals surface area contributed by atoms with E-state index in [9.17, 15) is 4.79 Å². The molecule has 0 aliphatic rings. The second-order valence-electron chi connectivity index (χ2n) is 5.02. The van der Waals surface area contributed by atoms with Crippen LogP contribution in [0.1, 0.15) is 30.1 Å². The van der Waals surface area contributed by atoms with Crippen molar-refractivity contribution in [3.8, 4) is 0 Å². The maximum atomic E-state index is 12.2. The van der Waals surface area contributed by atoms with Gasteiger partial charge in [-0.15, -0.1) is 21.5 Å². The molecule has 0 atom stereocenters. The molecule has 1 aromatic carbocycles. The van der Waals surface area contributed by atoms with E-state index in [1.807, 2.05) is 55.5 Å². The van der Waals surface area contributed by atoms with E-state index in [0.29, 0.717) is 21.6 Å². The summed E-state index contributed by atoms with van der Waals surface area (Å²) < 4.78 is 0. The average Bonchev–Trinajstić information content (AvgIpc) is 3.23. The smallest absolute Gasteiger partial charge is 0.282 e. The maximum Gasteiger partial charge on any atom is 0.282 e. The number of rotatable bonds is 5. The SMILES string of the molecule is Cc1ccc(/C=C(\Cl)c2nnc(C(=O)NCc3ccccc3)s2)s1. The molecule has 122 valence electrons. The lowest BCUT2D eigenvalue weighted by Gasteiger charge is -2.01. The van der Waals surface area contributed by atoms with Gasteiger partial charge in [-0.3, -0.25) is 4.79 Å². The Balaban J connectivity index is 1.66. The van der Waals surface area contributed by atoms with Crippen LogP contribution in [0.5, 0.6) is 0 Å². The molecule has 2 heterocycles. The second-order valence-corrected chi connectivity index (χ2v) is 7.73. The van der Waals surface area contributed by atoms with E-state index in [0.717, 1.165) is 10.4 Å². The highest BCUT2D eigenvalue weighted by Gasteiger charge is 2.14. The number of thiophene rings is 1. The van der Waals surface area contributed by atoms with Crippen LogP contribution in [0.25, 0.3) is 11.1 Å². The number of amides is 1. The lowest BCUT2D eigenvalue weighted by atomic mass is 10.2. The van der Waals surface area contributed by atoms with Gasteiger partial charge >= 0.3 is 0 Å². The number of benzene rings is 1. The Morgan fingerprint density at radius 2 is 1.88 bits per heavy atom. The van der Waals surface area contributed by atoms with Gasteiger partial charge in [0, 0.05) is 16.3 Å². The number of aromatic nitrogens is 2. The van der Waals surface area contributed by atoms with Gasteiger partial charge in [-0.1, -0.05) is 53.3 Å². The fraction of sp³-hybridized carbons (Fsp3) is 0.118. The first-order valence-electron chi connectivity index (χ1n) is 7.21. The molecule has 0 unspecified atom stereocenters. The summed E-state index contributed by atoms with van der Waals surface area (Å²) in [6.45, 7) is 2.49. The van der Waals surface area contributed by atoms with Crippen molar-refractivity contribution < 1.29 is 4.79 Å². The minimum absolute atomic E-state index is 0.251. The Labute approximate surface area is 152 Å². The molecule has 0 saturated heterocycles. The Kier molecular flexibility index (Phi) is 5.40. The predicted octanol–water partition coefficient (Wildman–Crippen LogP) is 4.57. The molecule has 0 fully saturated rings. The highest BCUT2D eigenvalue weighted by Crippen LogP contribution is 2.27. The van der Waals surface area contributed by atoms with Gasteiger partial charge in [0.1, 0.15) is 0 Å². The minimum atomic E-state index is -0.251. The third-order valence-corrected chi connectivity index (χ3v) is 5.45.